The van der Waals surface area contributed by atoms with E-state index in [4.69, 9.17) is 16.3 Å². The van der Waals surface area contributed by atoms with Gasteiger partial charge in [0.05, 0.1) is 30.2 Å². The van der Waals surface area contributed by atoms with E-state index in [1.165, 1.54) is 11.8 Å². The van der Waals surface area contributed by atoms with Crippen molar-refractivity contribution in [2.75, 3.05) is 17.7 Å². The predicted octanol–water partition coefficient (Wildman–Crippen LogP) is 5.36. The van der Waals surface area contributed by atoms with E-state index in [9.17, 15) is 4.79 Å². The first-order valence-electron chi connectivity index (χ1n) is 8.40. The van der Waals surface area contributed by atoms with Gasteiger partial charge in [-0.1, -0.05) is 17.7 Å². The van der Waals surface area contributed by atoms with Crippen molar-refractivity contribution in [3.63, 3.8) is 0 Å². The number of ether oxygens (including phenoxy) is 1. The SMILES string of the molecule is COc1ccc(Cl)cc1Nc1cncc(C(=O)Nc2ccc(C)c(C)c2)c1. The molecule has 0 radical (unpaired) electrons. The van der Waals surface area contributed by atoms with Gasteiger partial charge < -0.3 is 15.4 Å². The first kappa shape index (κ1) is 18.7. The van der Waals surface area contributed by atoms with Crippen molar-refractivity contribution < 1.29 is 9.53 Å². The molecule has 138 valence electrons. The van der Waals surface area contributed by atoms with E-state index in [1.807, 2.05) is 32.0 Å². The monoisotopic (exact) mass is 381 g/mol. The summed E-state index contributed by atoms with van der Waals surface area (Å²) in [5.41, 5.74) is 4.84. The molecular formula is C21H20ClN3O2. The summed E-state index contributed by atoms with van der Waals surface area (Å²) in [5, 5.41) is 6.66. The highest BCUT2D eigenvalue weighted by atomic mass is 35.5. The Morgan fingerprint density at radius 1 is 1.00 bits per heavy atom. The number of aromatic nitrogens is 1. The summed E-state index contributed by atoms with van der Waals surface area (Å²) in [6, 6.07) is 12.8. The molecule has 6 heteroatoms. The summed E-state index contributed by atoms with van der Waals surface area (Å²) in [6.07, 6.45) is 3.16. The third-order valence-corrected chi connectivity index (χ3v) is 4.44. The molecule has 2 N–H and O–H groups in total. The summed E-state index contributed by atoms with van der Waals surface area (Å²) in [6.45, 7) is 4.04. The predicted molar refractivity (Wildman–Crippen MR) is 109 cm³/mol. The minimum Gasteiger partial charge on any atom is -0.495 e. The summed E-state index contributed by atoms with van der Waals surface area (Å²) in [4.78, 5) is 16.7. The lowest BCUT2D eigenvalue weighted by molar-refractivity contribution is 0.102. The molecule has 0 aliphatic rings. The fourth-order valence-electron chi connectivity index (χ4n) is 2.59. The van der Waals surface area contributed by atoms with Gasteiger partial charge in [-0.15, -0.1) is 0 Å². The third-order valence-electron chi connectivity index (χ3n) is 4.21. The second-order valence-corrected chi connectivity index (χ2v) is 6.62. The van der Waals surface area contributed by atoms with Crippen LogP contribution in [-0.2, 0) is 0 Å². The van der Waals surface area contributed by atoms with Gasteiger partial charge in [-0.2, -0.15) is 0 Å². The van der Waals surface area contributed by atoms with Crippen LogP contribution in [0.4, 0.5) is 17.1 Å². The zero-order valence-electron chi connectivity index (χ0n) is 15.3. The standard InChI is InChI=1S/C21H20ClN3O2/c1-13-4-6-17(8-14(13)2)25-21(26)15-9-18(12-23-11-15)24-19-10-16(22)5-7-20(19)27-3/h4-12,24H,1-3H3,(H,25,26). The van der Waals surface area contributed by atoms with Gasteiger partial charge in [0.25, 0.3) is 5.91 Å². The molecule has 27 heavy (non-hydrogen) atoms. The number of nitrogens with zero attached hydrogens (tertiary/aromatic N) is 1. The van der Waals surface area contributed by atoms with E-state index in [-0.39, 0.29) is 5.91 Å². The number of carbonyl (C=O) groups excluding carboxylic acids is 1. The molecule has 1 amide bonds. The summed E-state index contributed by atoms with van der Waals surface area (Å²) < 4.78 is 5.33. The molecule has 1 heterocycles. The highest BCUT2D eigenvalue weighted by molar-refractivity contribution is 6.31. The van der Waals surface area contributed by atoms with Gasteiger partial charge in [0.1, 0.15) is 5.75 Å². The van der Waals surface area contributed by atoms with Gasteiger partial charge in [0.2, 0.25) is 0 Å². The first-order chi connectivity index (χ1) is 13.0. The Labute approximate surface area is 163 Å². The molecule has 0 atom stereocenters. The Morgan fingerprint density at radius 2 is 1.81 bits per heavy atom. The molecule has 3 aromatic rings. The molecule has 0 fully saturated rings. The van der Waals surface area contributed by atoms with E-state index in [2.05, 4.69) is 15.6 Å². The number of nitrogens with one attached hydrogen (secondary N) is 2. The zero-order chi connectivity index (χ0) is 19.4. The number of pyridine rings is 1. The van der Waals surface area contributed by atoms with Crippen molar-refractivity contribution in [2.24, 2.45) is 0 Å². The van der Waals surface area contributed by atoms with E-state index in [0.717, 1.165) is 11.3 Å². The van der Waals surface area contributed by atoms with Crippen molar-refractivity contribution in [1.29, 1.82) is 0 Å². The number of aryl methyl sites for hydroxylation is 2. The summed E-state index contributed by atoms with van der Waals surface area (Å²) in [5.74, 6) is 0.414. The molecule has 1 aromatic heterocycles. The van der Waals surface area contributed by atoms with E-state index < -0.39 is 0 Å². The van der Waals surface area contributed by atoms with Gasteiger partial charge in [0.15, 0.2) is 0 Å². The van der Waals surface area contributed by atoms with Crippen LogP contribution in [0.1, 0.15) is 21.5 Å². The number of anilines is 3. The first-order valence-corrected chi connectivity index (χ1v) is 8.78. The number of rotatable bonds is 5. The number of amides is 1. The van der Waals surface area contributed by atoms with Crippen LogP contribution < -0.4 is 15.4 Å². The quantitative estimate of drug-likeness (QED) is 0.624. The molecule has 0 saturated heterocycles. The largest absolute Gasteiger partial charge is 0.495 e. The fraction of sp³-hybridized carbons (Fsp3) is 0.143. The maximum absolute atomic E-state index is 12.6. The average molecular weight is 382 g/mol. The Morgan fingerprint density at radius 3 is 2.56 bits per heavy atom. The minimum absolute atomic E-state index is 0.229. The van der Waals surface area contributed by atoms with Crippen LogP contribution in [0.5, 0.6) is 5.75 Å². The summed E-state index contributed by atoms with van der Waals surface area (Å²) in [7, 11) is 1.58. The second-order valence-electron chi connectivity index (χ2n) is 6.19. The van der Waals surface area contributed by atoms with E-state index in [0.29, 0.717) is 27.7 Å². The van der Waals surface area contributed by atoms with Gasteiger partial charge in [-0.05, 0) is 61.4 Å². The van der Waals surface area contributed by atoms with Gasteiger partial charge in [0, 0.05) is 16.9 Å². The van der Waals surface area contributed by atoms with Crippen molar-refractivity contribution in [3.8, 4) is 5.75 Å². The normalized spacial score (nSPS) is 10.4. The molecule has 0 aliphatic carbocycles. The molecule has 5 nitrogen and oxygen atoms in total. The maximum Gasteiger partial charge on any atom is 0.257 e. The van der Waals surface area contributed by atoms with Crippen molar-refractivity contribution in [3.05, 3.63) is 76.6 Å². The van der Waals surface area contributed by atoms with Gasteiger partial charge in [-0.3, -0.25) is 9.78 Å². The second kappa shape index (κ2) is 8.10. The lowest BCUT2D eigenvalue weighted by Crippen LogP contribution is -2.12. The Bertz CT molecular complexity index is 989. The summed E-state index contributed by atoms with van der Waals surface area (Å²) >= 11 is 6.06. The molecule has 0 unspecified atom stereocenters. The highest BCUT2D eigenvalue weighted by Gasteiger charge is 2.10. The fourth-order valence-corrected chi connectivity index (χ4v) is 2.76. The van der Waals surface area contributed by atoms with Crippen LogP contribution in [0.25, 0.3) is 0 Å². The van der Waals surface area contributed by atoms with Gasteiger partial charge in [-0.25, -0.2) is 0 Å². The highest BCUT2D eigenvalue weighted by Crippen LogP contribution is 2.30. The van der Waals surface area contributed by atoms with Gasteiger partial charge >= 0.3 is 0 Å². The number of hydrogen-bond acceptors (Lipinski definition) is 4. The van der Waals surface area contributed by atoms with Crippen LogP contribution in [0.15, 0.2) is 54.9 Å². The number of hydrogen-bond donors (Lipinski definition) is 2. The van der Waals surface area contributed by atoms with Crippen LogP contribution in [0, 0.1) is 13.8 Å². The molecule has 0 spiro atoms. The van der Waals surface area contributed by atoms with Crippen LogP contribution in [-0.4, -0.2) is 18.0 Å². The molecular weight excluding hydrogens is 362 g/mol. The lowest BCUT2D eigenvalue weighted by Gasteiger charge is -2.12. The van der Waals surface area contributed by atoms with Crippen LogP contribution in [0.3, 0.4) is 0 Å². The zero-order valence-corrected chi connectivity index (χ0v) is 16.1. The maximum atomic E-state index is 12.6. The van der Waals surface area contributed by atoms with Crippen molar-refractivity contribution in [1.82, 2.24) is 4.98 Å². The Kier molecular flexibility index (Phi) is 5.62. The minimum atomic E-state index is -0.229. The van der Waals surface area contributed by atoms with Crippen molar-refractivity contribution in [2.45, 2.75) is 13.8 Å². The molecule has 3 rings (SSSR count). The lowest BCUT2D eigenvalue weighted by atomic mass is 10.1. The average Bonchev–Trinajstić information content (AvgIpc) is 2.65. The number of halogens is 1. The molecule has 0 saturated carbocycles. The topological polar surface area (TPSA) is 63.2 Å². The Balaban J connectivity index is 1.80. The van der Waals surface area contributed by atoms with Crippen LogP contribution in [0.2, 0.25) is 5.02 Å². The van der Waals surface area contributed by atoms with E-state index >= 15 is 0 Å². The van der Waals surface area contributed by atoms with E-state index in [1.54, 1.807) is 37.6 Å². The number of carbonyl (C=O) groups is 1. The molecule has 2 aromatic carbocycles. The molecule has 0 aliphatic heterocycles. The Hall–Kier alpha value is -3.05. The van der Waals surface area contributed by atoms with Crippen LogP contribution >= 0.6 is 11.6 Å². The number of benzene rings is 2. The van der Waals surface area contributed by atoms with Crippen molar-refractivity contribution >= 4 is 34.6 Å². The number of methoxy groups -OCH3 is 1. The third kappa shape index (κ3) is 4.57. The molecule has 0 bridgehead atoms. The smallest absolute Gasteiger partial charge is 0.257 e.